The maximum atomic E-state index is 12.8. The monoisotopic (exact) mass is 412 g/mol. The summed E-state index contributed by atoms with van der Waals surface area (Å²) < 4.78 is 28.8. The third-order valence-corrected chi connectivity index (χ3v) is 6.53. The molecule has 0 aliphatic carbocycles. The quantitative estimate of drug-likeness (QED) is 0.588. The largest absolute Gasteiger partial charge is 0.317 e. The summed E-state index contributed by atoms with van der Waals surface area (Å²) in [7, 11) is -0.861. The molecule has 0 spiro atoms. The van der Waals surface area contributed by atoms with Gasteiger partial charge in [-0.2, -0.15) is 5.26 Å². The summed E-state index contributed by atoms with van der Waals surface area (Å²) in [5.41, 5.74) is 0.612. The zero-order valence-electron chi connectivity index (χ0n) is 16.3. The van der Waals surface area contributed by atoms with Crippen LogP contribution in [-0.2, 0) is 23.1 Å². The van der Waals surface area contributed by atoms with Crippen molar-refractivity contribution < 1.29 is 8.42 Å². The Bertz CT molecular complexity index is 1340. The van der Waals surface area contributed by atoms with Crippen molar-refractivity contribution in [2.45, 2.75) is 24.9 Å². The van der Waals surface area contributed by atoms with E-state index in [4.69, 9.17) is 5.26 Å². The fourth-order valence-electron chi connectivity index (χ4n) is 3.11. The molecule has 0 aliphatic rings. The molecule has 0 radical (unpaired) electrons. The van der Waals surface area contributed by atoms with E-state index in [2.05, 4.69) is 0 Å². The van der Waals surface area contributed by atoms with Crippen molar-refractivity contribution in [3.8, 4) is 6.07 Å². The van der Waals surface area contributed by atoms with Gasteiger partial charge in [-0.15, -0.1) is 0 Å². The van der Waals surface area contributed by atoms with E-state index in [1.54, 1.807) is 37.3 Å². The number of aryl methyl sites for hydroxylation is 1. The first kappa shape index (κ1) is 20.5. The van der Waals surface area contributed by atoms with Gasteiger partial charge < -0.3 is 4.57 Å². The van der Waals surface area contributed by atoms with Crippen molar-refractivity contribution in [3.05, 3.63) is 74.3 Å². The molecule has 2 aromatic carbocycles. The van der Waals surface area contributed by atoms with Crippen LogP contribution in [0.4, 0.5) is 0 Å². The third kappa shape index (κ3) is 3.60. The fourth-order valence-corrected chi connectivity index (χ4v) is 4.03. The Balaban J connectivity index is 2.31. The van der Waals surface area contributed by atoms with Gasteiger partial charge in [0.1, 0.15) is 0 Å². The highest BCUT2D eigenvalue weighted by molar-refractivity contribution is 7.89. The molecule has 8 nitrogen and oxygen atoms in total. The number of hydrogen-bond acceptors (Lipinski definition) is 5. The summed E-state index contributed by atoms with van der Waals surface area (Å²) in [5, 5.41) is 8.94. The predicted molar refractivity (Wildman–Crippen MR) is 109 cm³/mol. The number of hydrogen-bond donors (Lipinski definition) is 0. The van der Waals surface area contributed by atoms with Gasteiger partial charge in [0.05, 0.1) is 34.1 Å². The zero-order valence-corrected chi connectivity index (χ0v) is 17.1. The van der Waals surface area contributed by atoms with Gasteiger partial charge >= 0.3 is 11.1 Å². The van der Waals surface area contributed by atoms with Gasteiger partial charge in [-0.25, -0.2) is 12.7 Å². The molecule has 3 rings (SSSR count). The highest BCUT2D eigenvalue weighted by Crippen LogP contribution is 2.20. The first-order valence-corrected chi connectivity index (χ1v) is 10.3. The normalized spacial score (nSPS) is 11.7. The molecule has 0 saturated heterocycles. The zero-order chi connectivity index (χ0) is 21.3. The molecular weight excluding hydrogens is 392 g/mol. The second kappa shape index (κ2) is 7.66. The molecule has 29 heavy (non-hydrogen) atoms. The van der Waals surface area contributed by atoms with E-state index in [0.717, 1.165) is 4.31 Å². The molecule has 0 aliphatic heterocycles. The Labute approximate surface area is 167 Å². The molecule has 0 fully saturated rings. The lowest BCUT2D eigenvalue weighted by Crippen LogP contribution is -2.41. The highest BCUT2D eigenvalue weighted by Gasteiger charge is 2.20. The molecule has 0 N–H and O–H groups in total. The minimum Gasteiger partial charge on any atom is -0.302 e. The van der Waals surface area contributed by atoms with Crippen LogP contribution < -0.4 is 11.1 Å². The van der Waals surface area contributed by atoms with Crippen LogP contribution >= 0.6 is 0 Å². The van der Waals surface area contributed by atoms with Crippen LogP contribution in [0.25, 0.3) is 11.0 Å². The van der Waals surface area contributed by atoms with E-state index in [-0.39, 0.29) is 18.0 Å². The Morgan fingerprint density at radius 1 is 0.966 bits per heavy atom. The van der Waals surface area contributed by atoms with Crippen molar-refractivity contribution >= 4 is 21.1 Å². The number of sulfonamides is 1. The average molecular weight is 412 g/mol. The SMILES string of the molecule is CCn1c(=O)c(=O)n(Cc2ccc(C#N)cc2)c2cc(S(=O)(=O)N(C)C)ccc21. The van der Waals surface area contributed by atoms with Crippen LogP contribution in [0, 0.1) is 11.3 Å². The van der Waals surface area contributed by atoms with E-state index in [9.17, 15) is 18.0 Å². The van der Waals surface area contributed by atoms with Crippen LogP contribution in [0.2, 0.25) is 0 Å². The van der Waals surface area contributed by atoms with Crippen LogP contribution in [0.1, 0.15) is 18.1 Å². The first-order valence-electron chi connectivity index (χ1n) is 8.89. The van der Waals surface area contributed by atoms with E-state index in [1.807, 2.05) is 6.07 Å². The van der Waals surface area contributed by atoms with Gasteiger partial charge in [-0.1, -0.05) is 12.1 Å². The number of benzene rings is 2. The minimum atomic E-state index is -3.71. The fraction of sp³-hybridized carbons (Fsp3) is 0.250. The third-order valence-electron chi connectivity index (χ3n) is 4.72. The van der Waals surface area contributed by atoms with Crippen LogP contribution in [0.5, 0.6) is 0 Å². The highest BCUT2D eigenvalue weighted by atomic mass is 32.2. The van der Waals surface area contributed by atoms with Crippen molar-refractivity contribution in [2.24, 2.45) is 0 Å². The minimum absolute atomic E-state index is 0.0317. The Morgan fingerprint density at radius 2 is 1.59 bits per heavy atom. The van der Waals surface area contributed by atoms with Gasteiger partial charge in [-0.3, -0.25) is 14.2 Å². The number of nitrogens with zero attached hydrogens (tertiary/aromatic N) is 4. The van der Waals surface area contributed by atoms with Gasteiger partial charge in [0.15, 0.2) is 0 Å². The summed E-state index contributed by atoms with van der Waals surface area (Å²) in [6, 6.07) is 13.1. The summed E-state index contributed by atoms with van der Waals surface area (Å²) >= 11 is 0. The number of aromatic nitrogens is 2. The number of nitriles is 1. The smallest absolute Gasteiger partial charge is 0.302 e. The molecule has 0 saturated carbocycles. The van der Waals surface area contributed by atoms with Gasteiger partial charge in [0.2, 0.25) is 10.0 Å². The van der Waals surface area contributed by atoms with Gasteiger partial charge in [-0.05, 0) is 42.8 Å². The Kier molecular flexibility index (Phi) is 5.42. The van der Waals surface area contributed by atoms with E-state index in [1.165, 1.54) is 35.4 Å². The van der Waals surface area contributed by atoms with Crippen LogP contribution in [0.3, 0.4) is 0 Å². The number of rotatable bonds is 5. The van der Waals surface area contributed by atoms with Crippen LogP contribution in [-0.4, -0.2) is 36.0 Å². The van der Waals surface area contributed by atoms with Crippen molar-refractivity contribution in [1.82, 2.24) is 13.4 Å². The Hall–Kier alpha value is -3.22. The second-order valence-electron chi connectivity index (χ2n) is 6.69. The molecule has 0 bridgehead atoms. The molecular formula is C20H20N4O4S. The Morgan fingerprint density at radius 3 is 2.14 bits per heavy atom. The summed E-state index contributed by atoms with van der Waals surface area (Å²) in [6.45, 7) is 2.10. The molecule has 0 atom stereocenters. The summed E-state index contributed by atoms with van der Waals surface area (Å²) in [6.07, 6.45) is 0. The van der Waals surface area contributed by atoms with E-state index >= 15 is 0 Å². The van der Waals surface area contributed by atoms with Crippen molar-refractivity contribution in [3.63, 3.8) is 0 Å². The van der Waals surface area contributed by atoms with Crippen LogP contribution in [0.15, 0.2) is 56.9 Å². The maximum absolute atomic E-state index is 12.8. The van der Waals surface area contributed by atoms with E-state index in [0.29, 0.717) is 22.2 Å². The number of fused-ring (bicyclic) bond motifs is 1. The predicted octanol–water partition coefficient (Wildman–Crippen LogP) is 1.35. The standard InChI is InChI=1S/C20H20N4O4S/c1-4-23-17-10-9-16(29(27,28)22(2)3)11-18(17)24(20(26)19(23)25)13-15-7-5-14(12-21)6-8-15/h5-11H,4,13H2,1-3H3. The lowest BCUT2D eigenvalue weighted by atomic mass is 10.1. The lowest BCUT2D eigenvalue weighted by molar-refractivity contribution is 0.521. The molecule has 0 unspecified atom stereocenters. The summed E-state index contributed by atoms with van der Waals surface area (Å²) in [4.78, 5) is 25.4. The molecule has 1 heterocycles. The summed E-state index contributed by atoms with van der Waals surface area (Å²) in [5.74, 6) is 0. The molecule has 1 aromatic heterocycles. The molecule has 3 aromatic rings. The first-order chi connectivity index (χ1) is 13.7. The van der Waals surface area contributed by atoms with Crippen molar-refractivity contribution in [2.75, 3.05) is 14.1 Å². The van der Waals surface area contributed by atoms with E-state index < -0.39 is 21.1 Å². The average Bonchev–Trinajstić information content (AvgIpc) is 2.71. The molecule has 0 amide bonds. The molecule has 9 heteroatoms. The van der Waals surface area contributed by atoms with Gasteiger partial charge in [0, 0.05) is 20.6 Å². The van der Waals surface area contributed by atoms with Gasteiger partial charge in [0.25, 0.3) is 0 Å². The lowest BCUT2D eigenvalue weighted by Gasteiger charge is -2.17. The maximum Gasteiger partial charge on any atom is 0.317 e. The van der Waals surface area contributed by atoms with Crippen molar-refractivity contribution in [1.29, 1.82) is 5.26 Å². The topological polar surface area (TPSA) is 105 Å². The molecule has 150 valence electrons. The second-order valence-corrected chi connectivity index (χ2v) is 8.84.